The number of carboxylic acid groups (broad SMARTS) is 2. The molecule has 0 aromatic carbocycles. The molecule has 4 nitrogen and oxygen atoms in total. The number of carboxylic acids is 2. The molecule has 0 spiro atoms. The van der Waals surface area contributed by atoms with E-state index in [1.165, 1.54) is 83.5 Å². The minimum absolute atomic E-state index is 0. The van der Waals surface area contributed by atoms with Crippen LogP contribution in [0.5, 0.6) is 0 Å². The maximum absolute atomic E-state index is 10.2. The van der Waals surface area contributed by atoms with Crippen molar-refractivity contribution in [2.75, 3.05) is 0 Å². The zero-order valence-corrected chi connectivity index (χ0v) is 23.9. The molecule has 168 valence electrons. The van der Waals surface area contributed by atoms with Gasteiger partial charge in [0.15, 0.2) is 0 Å². The van der Waals surface area contributed by atoms with Crippen molar-refractivity contribution in [2.45, 2.75) is 142 Å². The average Bonchev–Trinajstić information content (AvgIpc) is 2.65. The summed E-state index contributed by atoms with van der Waals surface area (Å²) in [4.78, 5) is 20.1. The summed E-state index contributed by atoms with van der Waals surface area (Å²) in [6.45, 7) is 4.39. The van der Waals surface area contributed by atoms with E-state index in [4.69, 9.17) is 0 Å². The molecule has 0 rings (SSSR count). The van der Waals surface area contributed by atoms with E-state index >= 15 is 0 Å². The van der Waals surface area contributed by atoms with E-state index in [0.29, 0.717) is 0 Å². The molecule has 29 heavy (non-hydrogen) atoms. The van der Waals surface area contributed by atoms with E-state index in [9.17, 15) is 19.8 Å². The fraction of sp³-hybridized carbons (Fsp3) is 0.917. The Hall–Kier alpha value is 0.511. The standard InChI is InChI=1S/C16H32O2.C8H16O2.Ba/c1-2-3-4-5-6-7-8-9-10-11-12-13-14-15-16(17)18;1-2-3-4-5-6-7-8(9)10;/h2-15H2,1H3,(H,17,18);2-7H2,1H3,(H,9,10);/q;;+2/p-2. The third-order valence-electron chi connectivity index (χ3n) is 4.97. The second-order valence-corrected chi connectivity index (χ2v) is 7.90. The van der Waals surface area contributed by atoms with Gasteiger partial charge in [-0.15, -0.1) is 0 Å². The fourth-order valence-electron chi connectivity index (χ4n) is 3.16. The molecule has 0 aromatic rings. The third kappa shape index (κ3) is 39.5. The van der Waals surface area contributed by atoms with Crippen LogP contribution in [0, 0.1) is 0 Å². The van der Waals surface area contributed by atoms with Crippen LogP contribution < -0.4 is 10.2 Å². The largest absolute Gasteiger partial charge is 2.00 e. The van der Waals surface area contributed by atoms with Crippen LogP contribution in [0.25, 0.3) is 0 Å². The van der Waals surface area contributed by atoms with E-state index in [1.807, 2.05) is 0 Å². The zero-order valence-electron chi connectivity index (χ0n) is 19.5. The average molecular weight is 536 g/mol. The molecule has 0 heterocycles. The van der Waals surface area contributed by atoms with Gasteiger partial charge in [-0.25, -0.2) is 0 Å². The first kappa shape index (κ1) is 34.1. The van der Waals surface area contributed by atoms with Gasteiger partial charge in [0.2, 0.25) is 0 Å². The molecule has 0 aliphatic heterocycles. The monoisotopic (exact) mass is 536 g/mol. The van der Waals surface area contributed by atoms with Gasteiger partial charge in [-0.3, -0.25) is 0 Å². The fourth-order valence-corrected chi connectivity index (χ4v) is 3.16. The Balaban J connectivity index is -0.000000525. The van der Waals surface area contributed by atoms with Gasteiger partial charge >= 0.3 is 48.9 Å². The predicted octanol–water partition coefficient (Wildman–Crippen LogP) is 4.93. The van der Waals surface area contributed by atoms with Gasteiger partial charge < -0.3 is 19.8 Å². The molecule has 0 radical (unpaired) electrons. The van der Waals surface area contributed by atoms with Gasteiger partial charge in [0, 0.05) is 11.9 Å². The Labute approximate surface area is 221 Å². The molecule has 0 amide bonds. The van der Waals surface area contributed by atoms with Crippen molar-refractivity contribution in [3.63, 3.8) is 0 Å². The Morgan fingerprint density at radius 3 is 0.862 bits per heavy atom. The number of hydrogen-bond donors (Lipinski definition) is 0. The predicted molar refractivity (Wildman–Crippen MR) is 119 cm³/mol. The second kappa shape index (κ2) is 30.7. The molecule has 0 saturated carbocycles. The molecular formula is C24H46BaO4. The third-order valence-corrected chi connectivity index (χ3v) is 4.97. The first-order valence-electron chi connectivity index (χ1n) is 11.9. The normalized spacial score (nSPS) is 10.0. The molecule has 0 saturated heterocycles. The SMILES string of the molecule is CCCCCCCC(=O)[O-].CCCCCCCCCCCCCCCC(=O)[O-].[Ba+2]. The van der Waals surface area contributed by atoms with Crippen molar-refractivity contribution >= 4 is 60.8 Å². The van der Waals surface area contributed by atoms with Crippen molar-refractivity contribution < 1.29 is 19.8 Å². The van der Waals surface area contributed by atoms with Gasteiger partial charge in [-0.1, -0.05) is 117 Å². The van der Waals surface area contributed by atoms with Crippen molar-refractivity contribution in [2.24, 2.45) is 0 Å². The molecule has 0 aliphatic rings. The van der Waals surface area contributed by atoms with Crippen LogP contribution in [0.3, 0.4) is 0 Å². The smallest absolute Gasteiger partial charge is 0.550 e. The minimum atomic E-state index is -0.920. The van der Waals surface area contributed by atoms with E-state index < -0.39 is 11.9 Å². The molecule has 0 bridgehead atoms. The Morgan fingerprint density at radius 2 is 0.655 bits per heavy atom. The van der Waals surface area contributed by atoms with Crippen molar-refractivity contribution in [3.05, 3.63) is 0 Å². The first-order chi connectivity index (χ1) is 13.5. The van der Waals surface area contributed by atoms with Crippen molar-refractivity contribution in [3.8, 4) is 0 Å². The number of rotatable bonds is 20. The summed E-state index contributed by atoms with van der Waals surface area (Å²) < 4.78 is 0. The maximum Gasteiger partial charge on any atom is 2.00 e. The van der Waals surface area contributed by atoms with Crippen molar-refractivity contribution in [1.29, 1.82) is 0 Å². The van der Waals surface area contributed by atoms with Crippen LogP contribution in [0.2, 0.25) is 0 Å². The molecule has 0 aromatic heterocycles. The zero-order chi connectivity index (χ0) is 21.3. The van der Waals surface area contributed by atoms with Crippen LogP contribution in [-0.2, 0) is 9.59 Å². The maximum atomic E-state index is 10.2. The summed E-state index contributed by atoms with van der Waals surface area (Å²) in [5.41, 5.74) is 0. The second-order valence-electron chi connectivity index (χ2n) is 7.90. The van der Waals surface area contributed by atoms with E-state index in [0.717, 1.165) is 32.1 Å². The van der Waals surface area contributed by atoms with Crippen LogP contribution in [0.4, 0.5) is 0 Å². The Bertz CT molecular complexity index is 335. The summed E-state index contributed by atoms with van der Waals surface area (Å²) in [6, 6.07) is 0. The molecule has 0 unspecified atom stereocenters. The Morgan fingerprint density at radius 1 is 0.448 bits per heavy atom. The van der Waals surface area contributed by atoms with Crippen LogP contribution in [-0.4, -0.2) is 60.8 Å². The summed E-state index contributed by atoms with van der Waals surface area (Å²) in [6.07, 6.45) is 22.5. The minimum Gasteiger partial charge on any atom is -0.550 e. The van der Waals surface area contributed by atoms with Gasteiger partial charge in [-0.05, 0) is 25.7 Å². The quantitative estimate of drug-likeness (QED) is 0.163. The van der Waals surface area contributed by atoms with Gasteiger partial charge in [0.1, 0.15) is 0 Å². The van der Waals surface area contributed by atoms with Gasteiger partial charge in [0.25, 0.3) is 0 Å². The Kier molecular flexibility index (Phi) is 36.1. The molecule has 0 N–H and O–H groups in total. The van der Waals surface area contributed by atoms with Gasteiger partial charge in [0.05, 0.1) is 0 Å². The van der Waals surface area contributed by atoms with Gasteiger partial charge in [-0.2, -0.15) is 0 Å². The summed E-state index contributed by atoms with van der Waals surface area (Å²) in [5, 5.41) is 20.1. The number of carbonyl (C=O) groups excluding carboxylic acids is 2. The summed E-state index contributed by atoms with van der Waals surface area (Å²) in [5.74, 6) is -1.82. The van der Waals surface area contributed by atoms with Crippen LogP contribution in [0.1, 0.15) is 142 Å². The van der Waals surface area contributed by atoms with Crippen LogP contribution >= 0.6 is 0 Å². The van der Waals surface area contributed by atoms with E-state index in [1.54, 1.807) is 0 Å². The molecule has 0 atom stereocenters. The molecular weight excluding hydrogens is 490 g/mol. The number of unbranched alkanes of at least 4 members (excludes halogenated alkanes) is 16. The van der Waals surface area contributed by atoms with E-state index in [2.05, 4.69) is 13.8 Å². The number of hydrogen-bond acceptors (Lipinski definition) is 4. The van der Waals surface area contributed by atoms with E-state index in [-0.39, 0.29) is 61.7 Å². The molecule has 0 fully saturated rings. The number of carbonyl (C=O) groups is 2. The number of aliphatic carboxylic acids is 2. The van der Waals surface area contributed by atoms with Crippen LogP contribution in [0.15, 0.2) is 0 Å². The molecule has 5 heteroatoms. The van der Waals surface area contributed by atoms with Crippen molar-refractivity contribution in [1.82, 2.24) is 0 Å². The summed E-state index contributed by atoms with van der Waals surface area (Å²) >= 11 is 0. The summed E-state index contributed by atoms with van der Waals surface area (Å²) in [7, 11) is 0. The first-order valence-corrected chi connectivity index (χ1v) is 11.9. The molecule has 0 aliphatic carbocycles. The topological polar surface area (TPSA) is 80.3 Å².